The third-order valence-electron chi connectivity index (χ3n) is 9.82. The molecule has 0 unspecified atom stereocenters. The highest BCUT2D eigenvalue weighted by Crippen LogP contribution is 2.12. The molecule has 0 aliphatic carbocycles. The fraction of sp³-hybridized carbons (Fsp3) is 0.692. The average Bonchev–Trinajstić information content (AvgIpc) is 3.22. The predicted octanol–water partition coefficient (Wildman–Crippen LogP) is -4.32. The number of unbranched alkanes of at least 4 members (excludes halogenated alkanes) is 1. The van der Waals surface area contributed by atoms with Crippen LogP contribution in [0.3, 0.4) is 0 Å². The molecule has 0 aromatic rings. The number of carboxylic acids is 5. The molecule has 0 aliphatic heterocycles. The van der Waals surface area contributed by atoms with E-state index in [9.17, 15) is 78.0 Å². The lowest BCUT2D eigenvalue weighted by Gasteiger charge is -2.29. The van der Waals surface area contributed by atoms with E-state index < -0.39 is 164 Å². The molecule has 0 aromatic heterocycles. The monoisotopic (exact) mass is 947 g/mol. The summed E-state index contributed by atoms with van der Waals surface area (Å²) in [4.78, 5) is 150. The molecule has 0 spiro atoms. The molecule has 66 heavy (non-hydrogen) atoms. The maximum Gasteiger partial charge on any atom is 0.326 e. The summed E-state index contributed by atoms with van der Waals surface area (Å²) in [6.45, 7) is 5.45. The Morgan fingerprint density at radius 3 is 1.41 bits per heavy atom. The lowest BCUT2D eigenvalue weighted by atomic mass is 9.96. The Labute approximate surface area is 379 Å². The predicted molar refractivity (Wildman–Crippen MR) is 226 cm³/mol. The van der Waals surface area contributed by atoms with Crippen LogP contribution >= 0.6 is 0 Å². The standard InChI is InChI=1S/C39H65N9O18/c1-5-19(4)31(38(64)46-25(39(65)66)16-30(56)57)48-34(60)21(8-6-7-13-40)43-36(62)24(15-29(54)55)45-37(63)26(17-49)47-35(61)23(14-18(2)3)44-33(59)22(10-12-28(52)53)42-32(58)20(41)9-11-27(50)51/h18-26,31,49H,5-17,40-41H2,1-4H3,(H,42,58)(H,43,62)(H,44,59)(H,45,63)(H,46,64)(H,47,61)(H,48,60)(H,50,51)(H,52,53)(H,54,55)(H,56,57)(H,65,66)/t19-,20-,21-,22-,23-,24-,25-,26-,31-/m0/s1. The minimum atomic E-state index is -1.97. The fourth-order valence-corrected chi connectivity index (χ4v) is 5.95. The van der Waals surface area contributed by atoms with Gasteiger partial charge in [0.05, 0.1) is 25.5 Å². The number of amides is 7. The molecule has 0 saturated carbocycles. The van der Waals surface area contributed by atoms with Crippen LogP contribution in [0.15, 0.2) is 0 Å². The Bertz CT molecular complexity index is 1730. The fourth-order valence-electron chi connectivity index (χ4n) is 5.95. The summed E-state index contributed by atoms with van der Waals surface area (Å²) >= 11 is 0. The zero-order valence-electron chi connectivity index (χ0n) is 37.2. The Balaban J connectivity index is 6.43. The summed E-state index contributed by atoms with van der Waals surface area (Å²) in [5, 5.41) is 72.1. The number of nitrogens with two attached hydrogens (primary N) is 2. The van der Waals surface area contributed by atoms with Crippen molar-refractivity contribution in [2.24, 2.45) is 23.3 Å². The first-order chi connectivity index (χ1) is 30.8. The van der Waals surface area contributed by atoms with Gasteiger partial charge in [-0.15, -0.1) is 0 Å². The quantitative estimate of drug-likeness (QED) is 0.0271. The molecule has 0 bridgehead atoms. The van der Waals surface area contributed by atoms with Crippen LogP contribution in [0.25, 0.3) is 0 Å². The molecule has 7 amide bonds. The molecule has 17 N–H and O–H groups in total. The Morgan fingerprint density at radius 1 is 0.485 bits per heavy atom. The van der Waals surface area contributed by atoms with E-state index in [1.54, 1.807) is 20.8 Å². The molecule has 0 aromatic carbocycles. The lowest BCUT2D eigenvalue weighted by Crippen LogP contribution is -2.61. The molecule has 374 valence electrons. The van der Waals surface area contributed by atoms with Gasteiger partial charge in [-0.2, -0.15) is 0 Å². The molecule has 0 rings (SSSR count). The van der Waals surface area contributed by atoms with E-state index in [0.29, 0.717) is 6.42 Å². The summed E-state index contributed by atoms with van der Waals surface area (Å²) in [5.74, 6) is -16.2. The zero-order valence-corrected chi connectivity index (χ0v) is 37.2. The lowest BCUT2D eigenvalue weighted by molar-refractivity contribution is -0.147. The number of carbonyl (C=O) groups is 12. The van der Waals surface area contributed by atoms with Gasteiger partial charge in [0.1, 0.15) is 42.3 Å². The van der Waals surface area contributed by atoms with Crippen LogP contribution in [0, 0.1) is 11.8 Å². The van der Waals surface area contributed by atoms with Crippen LogP contribution in [0.5, 0.6) is 0 Å². The van der Waals surface area contributed by atoms with Gasteiger partial charge in [0.15, 0.2) is 0 Å². The minimum absolute atomic E-state index is 0.130. The third kappa shape index (κ3) is 23.4. The van der Waals surface area contributed by atoms with Gasteiger partial charge < -0.3 is 79.3 Å². The van der Waals surface area contributed by atoms with Crippen LogP contribution in [0.2, 0.25) is 0 Å². The van der Waals surface area contributed by atoms with Crippen molar-refractivity contribution in [3.63, 3.8) is 0 Å². The van der Waals surface area contributed by atoms with Gasteiger partial charge in [-0.3, -0.25) is 52.7 Å². The van der Waals surface area contributed by atoms with E-state index in [0.717, 1.165) is 0 Å². The van der Waals surface area contributed by atoms with E-state index in [1.165, 1.54) is 6.92 Å². The number of nitrogens with one attached hydrogen (secondary N) is 7. The Hall–Kier alpha value is -6.48. The van der Waals surface area contributed by atoms with Crippen molar-refractivity contribution in [3.05, 3.63) is 0 Å². The van der Waals surface area contributed by atoms with Crippen molar-refractivity contribution in [1.82, 2.24) is 37.2 Å². The summed E-state index contributed by atoms with van der Waals surface area (Å²) in [7, 11) is 0. The molecule has 0 radical (unpaired) electrons. The molecular weight excluding hydrogens is 882 g/mol. The highest BCUT2D eigenvalue weighted by molar-refractivity contribution is 5.98. The van der Waals surface area contributed by atoms with Crippen molar-refractivity contribution in [2.45, 2.75) is 147 Å². The second-order valence-electron chi connectivity index (χ2n) is 15.8. The number of hydrogen-bond donors (Lipinski definition) is 15. The second-order valence-corrected chi connectivity index (χ2v) is 15.8. The van der Waals surface area contributed by atoms with E-state index in [1.807, 2.05) is 0 Å². The van der Waals surface area contributed by atoms with E-state index >= 15 is 0 Å². The summed E-state index contributed by atoms with van der Waals surface area (Å²) < 4.78 is 0. The van der Waals surface area contributed by atoms with Crippen molar-refractivity contribution in [3.8, 4) is 0 Å². The number of carboxylic acid groups (broad SMARTS) is 5. The van der Waals surface area contributed by atoms with Crippen LogP contribution in [-0.4, -0.2) is 163 Å². The van der Waals surface area contributed by atoms with Crippen LogP contribution in [0.1, 0.15) is 98.3 Å². The number of aliphatic hydroxyl groups excluding tert-OH is 1. The first-order valence-corrected chi connectivity index (χ1v) is 21.1. The SMILES string of the molecule is CC[C@H](C)[C@H](NC(=O)[C@H](CCCCN)NC(=O)[C@H](CC(=O)O)NC(=O)[C@H](CO)NC(=O)[C@H](CC(C)C)NC(=O)[C@H](CCC(=O)O)NC(=O)[C@@H](N)CCC(=O)O)C(=O)N[C@@H](CC(=O)O)C(=O)O. The maximum atomic E-state index is 13.7. The molecule has 0 saturated heterocycles. The third-order valence-corrected chi connectivity index (χ3v) is 9.82. The van der Waals surface area contributed by atoms with E-state index in [-0.39, 0.29) is 44.6 Å². The summed E-state index contributed by atoms with van der Waals surface area (Å²) in [5.41, 5.74) is 11.3. The van der Waals surface area contributed by atoms with E-state index in [2.05, 4.69) is 37.2 Å². The number of aliphatic hydroxyl groups is 1. The molecule has 0 fully saturated rings. The first-order valence-electron chi connectivity index (χ1n) is 21.1. The first kappa shape index (κ1) is 59.5. The van der Waals surface area contributed by atoms with Crippen molar-refractivity contribution in [2.75, 3.05) is 13.2 Å². The molecule has 0 heterocycles. The minimum Gasteiger partial charge on any atom is -0.481 e. The zero-order chi connectivity index (χ0) is 50.8. The highest BCUT2D eigenvalue weighted by Gasteiger charge is 2.36. The Kier molecular flexibility index (Phi) is 27.6. The number of hydrogen-bond acceptors (Lipinski definition) is 15. The number of carbonyl (C=O) groups excluding carboxylic acids is 7. The van der Waals surface area contributed by atoms with Crippen LogP contribution in [-0.2, 0) is 57.5 Å². The van der Waals surface area contributed by atoms with Crippen molar-refractivity contribution in [1.29, 1.82) is 0 Å². The van der Waals surface area contributed by atoms with Crippen LogP contribution < -0.4 is 48.7 Å². The highest BCUT2D eigenvalue weighted by atomic mass is 16.4. The molecule has 27 heteroatoms. The maximum absolute atomic E-state index is 13.7. The topological polar surface area (TPSA) is 462 Å². The molecule has 0 aliphatic rings. The largest absolute Gasteiger partial charge is 0.481 e. The van der Waals surface area contributed by atoms with Crippen molar-refractivity contribution < 1.29 is 88.2 Å². The smallest absolute Gasteiger partial charge is 0.326 e. The normalized spacial score (nSPS) is 15.1. The van der Waals surface area contributed by atoms with Gasteiger partial charge >= 0.3 is 29.8 Å². The van der Waals surface area contributed by atoms with Crippen LogP contribution in [0.4, 0.5) is 0 Å². The number of rotatable bonds is 34. The molecule has 9 atom stereocenters. The average molecular weight is 948 g/mol. The van der Waals surface area contributed by atoms with Crippen molar-refractivity contribution >= 4 is 71.2 Å². The van der Waals surface area contributed by atoms with E-state index in [4.69, 9.17) is 21.7 Å². The van der Waals surface area contributed by atoms with Gasteiger partial charge in [0, 0.05) is 12.8 Å². The Morgan fingerprint density at radius 2 is 0.909 bits per heavy atom. The number of aliphatic carboxylic acids is 5. The molecular formula is C39H65N9O18. The second kappa shape index (κ2) is 30.6. The van der Waals surface area contributed by atoms with Gasteiger partial charge in [-0.05, 0) is 56.9 Å². The van der Waals surface area contributed by atoms with Gasteiger partial charge in [-0.25, -0.2) is 4.79 Å². The van der Waals surface area contributed by atoms with Gasteiger partial charge in [0.2, 0.25) is 41.4 Å². The molecule has 27 nitrogen and oxygen atoms in total. The summed E-state index contributed by atoms with van der Waals surface area (Å²) in [6.07, 6.45) is -3.54. The van der Waals surface area contributed by atoms with Gasteiger partial charge in [0.25, 0.3) is 0 Å². The summed E-state index contributed by atoms with van der Waals surface area (Å²) in [6, 6.07) is -13.2. The van der Waals surface area contributed by atoms with Gasteiger partial charge in [-0.1, -0.05) is 34.1 Å².